The molecule has 4 unspecified atom stereocenters. The first kappa shape index (κ1) is 33.2. The number of nitrogens with two attached hydrogens (primary N) is 3. The number of carboxylic acid groups (broad SMARTS) is 1. The van der Waals surface area contributed by atoms with Gasteiger partial charge >= 0.3 is 5.97 Å². The van der Waals surface area contributed by atoms with Gasteiger partial charge in [-0.3, -0.25) is 19.2 Å². The van der Waals surface area contributed by atoms with E-state index in [1.165, 1.54) is 0 Å². The van der Waals surface area contributed by atoms with E-state index in [1.807, 2.05) is 38.1 Å². The number of carbonyl (C=O) groups is 5. The van der Waals surface area contributed by atoms with Gasteiger partial charge in [0.05, 0.1) is 6.04 Å². The van der Waals surface area contributed by atoms with Crippen LogP contribution < -0.4 is 33.2 Å². The fraction of sp³-hybridized carbons (Fsp3) is 0.536. The lowest BCUT2D eigenvalue weighted by Gasteiger charge is -2.26. The highest BCUT2D eigenvalue weighted by atomic mass is 16.4. The summed E-state index contributed by atoms with van der Waals surface area (Å²) in [4.78, 5) is 65.5. The molecule has 2 aromatic rings. The first-order chi connectivity index (χ1) is 19.4. The van der Waals surface area contributed by atoms with Crippen LogP contribution in [0, 0.1) is 5.92 Å². The molecule has 0 radical (unpaired) electrons. The maximum Gasteiger partial charge on any atom is 0.326 e. The molecule has 0 aliphatic rings. The number of primary amides is 1. The Morgan fingerprint density at radius 1 is 0.902 bits per heavy atom. The van der Waals surface area contributed by atoms with Gasteiger partial charge in [0.25, 0.3) is 0 Å². The smallest absolute Gasteiger partial charge is 0.326 e. The standard InChI is InChI=1S/C28H43N7O6/c1-16(2)13-22(34-25(37)19(30)10-11-24(31)36)27(39)33-21(9-5-6-12-29)26(38)35-23(28(40)41)14-17-15-32-20-8-4-3-7-18(17)20/h3-4,7-8,15-16,19,21-23,32H,5-6,9-14,29-30H2,1-2H3,(H2,31,36)(H,33,39)(H,34,37)(H,35,38)(H,40,41). The molecule has 0 bridgehead atoms. The Morgan fingerprint density at radius 3 is 2.17 bits per heavy atom. The van der Waals surface area contributed by atoms with Gasteiger partial charge in [-0.1, -0.05) is 32.0 Å². The summed E-state index contributed by atoms with van der Waals surface area (Å²) in [5.41, 5.74) is 18.2. The van der Waals surface area contributed by atoms with Gasteiger partial charge in [0, 0.05) is 29.9 Å². The van der Waals surface area contributed by atoms with Gasteiger partial charge in [-0.05, 0) is 56.2 Å². The lowest BCUT2D eigenvalue weighted by atomic mass is 10.0. The predicted molar refractivity (Wildman–Crippen MR) is 154 cm³/mol. The van der Waals surface area contributed by atoms with Crippen LogP contribution in [0.5, 0.6) is 0 Å². The minimum Gasteiger partial charge on any atom is -0.480 e. The Kier molecular flexibility index (Phi) is 13.2. The number of hydrogen-bond acceptors (Lipinski definition) is 7. The maximum absolute atomic E-state index is 13.3. The summed E-state index contributed by atoms with van der Waals surface area (Å²) >= 11 is 0. The molecule has 1 aromatic carbocycles. The number of nitrogens with one attached hydrogen (secondary N) is 4. The highest BCUT2D eigenvalue weighted by molar-refractivity contribution is 5.94. The monoisotopic (exact) mass is 573 g/mol. The molecule has 2 rings (SSSR count). The van der Waals surface area contributed by atoms with E-state index in [2.05, 4.69) is 20.9 Å². The average Bonchev–Trinajstić information content (AvgIpc) is 3.32. The number of para-hydroxylation sites is 1. The molecule has 1 heterocycles. The maximum atomic E-state index is 13.3. The number of amides is 4. The second-order valence-corrected chi connectivity index (χ2v) is 10.6. The zero-order chi connectivity index (χ0) is 30.5. The summed E-state index contributed by atoms with van der Waals surface area (Å²) in [6.45, 7) is 4.12. The van der Waals surface area contributed by atoms with Gasteiger partial charge in [-0.15, -0.1) is 0 Å². The molecule has 13 heteroatoms. The minimum atomic E-state index is -1.25. The van der Waals surface area contributed by atoms with Crippen LogP contribution in [0.15, 0.2) is 30.5 Å². The number of benzene rings is 1. The third-order valence-electron chi connectivity index (χ3n) is 6.67. The molecule has 0 fully saturated rings. The van der Waals surface area contributed by atoms with Gasteiger partial charge in [-0.25, -0.2) is 4.79 Å². The van der Waals surface area contributed by atoms with Crippen LogP contribution in [0.25, 0.3) is 10.9 Å². The molecule has 4 amide bonds. The third kappa shape index (κ3) is 10.8. The number of carbonyl (C=O) groups excluding carboxylic acids is 4. The van der Waals surface area contributed by atoms with Crippen molar-refractivity contribution in [3.8, 4) is 0 Å². The molecule has 11 N–H and O–H groups in total. The van der Waals surface area contributed by atoms with E-state index >= 15 is 0 Å². The zero-order valence-electron chi connectivity index (χ0n) is 23.7. The number of aliphatic carboxylic acids is 1. The number of aromatic nitrogens is 1. The van der Waals surface area contributed by atoms with Crippen LogP contribution in [-0.4, -0.2) is 70.4 Å². The highest BCUT2D eigenvalue weighted by Gasteiger charge is 2.31. The van der Waals surface area contributed by atoms with Crippen molar-refractivity contribution >= 4 is 40.5 Å². The van der Waals surface area contributed by atoms with Crippen LogP contribution in [0.4, 0.5) is 0 Å². The van der Waals surface area contributed by atoms with Crippen LogP contribution >= 0.6 is 0 Å². The van der Waals surface area contributed by atoms with Crippen LogP contribution in [-0.2, 0) is 30.4 Å². The average molecular weight is 574 g/mol. The van der Waals surface area contributed by atoms with E-state index in [-0.39, 0.29) is 38.0 Å². The Morgan fingerprint density at radius 2 is 1.54 bits per heavy atom. The van der Waals surface area contributed by atoms with Crippen molar-refractivity contribution in [1.29, 1.82) is 0 Å². The van der Waals surface area contributed by atoms with E-state index in [1.54, 1.807) is 6.20 Å². The van der Waals surface area contributed by atoms with Gasteiger partial charge in [0.15, 0.2) is 0 Å². The van der Waals surface area contributed by atoms with E-state index in [0.29, 0.717) is 19.4 Å². The van der Waals surface area contributed by atoms with Crippen molar-refractivity contribution in [2.24, 2.45) is 23.1 Å². The Hall–Kier alpha value is -3.97. The summed E-state index contributed by atoms with van der Waals surface area (Å²) in [5.74, 6) is -3.70. The van der Waals surface area contributed by atoms with Crippen molar-refractivity contribution in [3.05, 3.63) is 36.0 Å². The topological polar surface area (TPSA) is 236 Å². The summed E-state index contributed by atoms with van der Waals surface area (Å²) in [6, 6.07) is 3.07. The van der Waals surface area contributed by atoms with Crippen molar-refractivity contribution in [3.63, 3.8) is 0 Å². The third-order valence-corrected chi connectivity index (χ3v) is 6.67. The number of unbranched alkanes of at least 4 members (excludes halogenated alkanes) is 1. The summed E-state index contributed by atoms with van der Waals surface area (Å²) < 4.78 is 0. The number of fused-ring (bicyclic) bond motifs is 1. The van der Waals surface area contributed by atoms with E-state index in [9.17, 15) is 29.1 Å². The largest absolute Gasteiger partial charge is 0.480 e. The quantitative estimate of drug-likeness (QED) is 0.113. The van der Waals surface area contributed by atoms with Crippen molar-refractivity contribution < 1.29 is 29.1 Å². The Bertz CT molecular complexity index is 1200. The molecular weight excluding hydrogens is 530 g/mol. The fourth-order valence-corrected chi connectivity index (χ4v) is 4.44. The van der Waals surface area contributed by atoms with Gasteiger partial charge < -0.3 is 43.2 Å². The van der Waals surface area contributed by atoms with Crippen LogP contribution in [0.3, 0.4) is 0 Å². The zero-order valence-corrected chi connectivity index (χ0v) is 23.7. The van der Waals surface area contributed by atoms with E-state index < -0.39 is 53.8 Å². The molecule has 0 spiro atoms. The highest BCUT2D eigenvalue weighted by Crippen LogP contribution is 2.19. The SMILES string of the molecule is CC(C)CC(NC(=O)C(N)CCC(N)=O)C(=O)NC(CCCCN)C(=O)NC(Cc1c[nH]c2ccccc12)C(=O)O. The second kappa shape index (κ2) is 16.3. The van der Waals surface area contributed by atoms with Gasteiger partial charge in [0.1, 0.15) is 18.1 Å². The molecule has 0 aliphatic heterocycles. The summed E-state index contributed by atoms with van der Waals surface area (Å²) in [7, 11) is 0. The molecule has 13 nitrogen and oxygen atoms in total. The normalized spacial score (nSPS) is 14.2. The molecule has 0 saturated heterocycles. The van der Waals surface area contributed by atoms with Crippen LogP contribution in [0.1, 0.15) is 57.9 Å². The summed E-state index contributed by atoms with van der Waals surface area (Å²) in [6.07, 6.45) is 3.26. The number of aromatic amines is 1. The van der Waals surface area contributed by atoms with Gasteiger partial charge in [0.2, 0.25) is 23.6 Å². The number of hydrogen-bond donors (Lipinski definition) is 8. The van der Waals surface area contributed by atoms with Crippen LogP contribution in [0.2, 0.25) is 0 Å². The molecule has 0 saturated carbocycles. The lowest BCUT2D eigenvalue weighted by Crippen LogP contribution is -2.57. The van der Waals surface area contributed by atoms with Crippen molar-refractivity contribution in [2.45, 2.75) is 83.0 Å². The number of carboxylic acids is 1. The molecule has 41 heavy (non-hydrogen) atoms. The molecule has 0 aliphatic carbocycles. The minimum absolute atomic E-state index is 0.00461. The van der Waals surface area contributed by atoms with Crippen molar-refractivity contribution in [1.82, 2.24) is 20.9 Å². The number of rotatable bonds is 18. The first-order valence-corrected chi connectivity index (χ1v) is 13.9. The van der Waals surface area contributed by atoms with E-state index in [4.69, 9.17) is 17.2 Å². The Labute approximate surface area is 239 Å². The molecule has 226 valence electrons. The molecule has 4 atom stereocenters. The fourth-order valence-electron chi connectivity index (χ4n) is 4.44. The molecular formula is C28H43N7O6. The summed E-state index contributed by atoms with van der Waals surface area (Å²) in [5, 5.41) is 18.6. The number of H-pyrrole nitrogens is 1. The van der Waals surface area contributed by atoms with E-state index in [0.717, 1.165) is 16.5 Å². The second-order valence-electron chi connectivity index (χ2n) is 10.6. The molecule has 1 aromatic heterocycles. The Balaban J connectivity index is 2.17. The van der Waals surface area contributed by atoms with Gasteiger partial charge in [-0.2, -0.15) is 0 Å². The first-order valence-electron chi connectivity index (χ1n) is 13.9. The predicted octanol–water partition coefficient (Wildman–Crippen LogP) is 0.0173. The lowest BCUT2D eigenvalue weighted by molar-refractivity contribution is -0.142. The van der Waals surface area contributed by atoms with Crippen molar-refractivity contribution in [2.75, 3.05) is 6.54 Å².